The number of nitrogens with one attached hydrogen (secondary N) is 3. The number of amides is 3. The Balaban J connectivity index is 1.61. The van der Waals surface area contributed by atoms with Gasteiger partial charge in [0.25, 0.3) is 0 Å². The number of likely N-dealkylation sites (tertiary alicyclic amines) is 1. The highest BCUT2D eigenvalue weighted by atomic mass is 32.2. The molecule has 2 heterocycles. The van der Waals surface area contributed by atoms with Crippen LogP contribution >= 0.6 is 11.8 Å². The lowest BCUT2D eigenvalue weighted by Gasteiger charge is -2.39. The molecule has 2 atom stereocenters. The smallest absolute Gasteiger partial charge is 0.321 e. The molecule has 3 amide bonds. The van der Waals surface area contributed by atoms with Gasteiger partial charge in [-0.1, -0.05) is 52.8 Å². The number of carbonyl (C=O) groups is 2. The van der Waals surface area contributed by atoms with Crippen LogP contribution in [-0.4, -0.2) is 52.6 Å². The third-order valence-corrected chi connectivity index (χ3v) is 8.32. The topological polar surface area (TPSA) is 73.5 Å². The second kappa shape index (κ2) is 10.5. The van der Waals surface area contributed by atoms with Crippen molar-refractivity contribution in [2.24, 2.45) is 0 Å². The fourth-order valence-electron chi connectivity index (χ4n) is 4.47. The van der Waals surface area contributed by atoms with Gasteiger partial charge in [0.2, 0.25) is 5.91 Å². The molecule has 2 aliphatic rings. The van der Waals surface area contributed by atoms with Crippen LogP contribution < -0.4 is 16.0 Å². The Bertz CT molecular complexity index is 792. The highest BCUT2D eigenvalue weighted by Crippen LogP contribution is 2.39. The lowest BCUT2D eigenvalue weighted by atomic mass is 9.92. The van der Waals surface area contributed by atoms with Crippen molar-refractivity contribution < 1.29 is 9.59 Å². The first kappa shape index (κ1) is 24.9. The third kappa shape index (κ3) is 5.60. The van der Waals surface area contributed by atoms with E-state index in [1.165, 1.54) is 11.1 Å². The third-order valence-electron chi connectivity index (χ3n) is 6.74. The van der Waals surface area contributed by atoms with Crippen LogP contribution in [-0.2, 0) is 4.79 Å². The van der Waals surface area contributed by atoms with Gasteiger partial charge >= 0.3 is 6.03 Å². The van der Waals surface area contributed by atoms with Crippen LogP contribution in [0.3, 0.4) is 0 Å². The van der Waals surface area contributed by atoms with Gasteiger partial charge in [0, 0.05) is 30.6 Å². The summed E-state index contributed by atoms with van der Waals surface area (Å²) in [6.07, 6.45) is 2.63. The van der Waals surface area contributed by atoms with Crippen LogP contribution in [0.15, 0.2) is 18.2 Å². The Labute approximate surface area is 197 Å². The average Bonchev–Trinajstić information content (AvgIpc) is 3.17. The van der Waals surface area contributed by atoms with E-state index in [1.54, 1.807) is 0 Å². The van der Waals surface area contributed by atoms with Crippen molar-refractivity contribution in [3.63, 3.8) is 0 Å². The maximum atomic E-state index is 13.2. The monoisotopic (exact) mass is 460 g/mol. The Kier molecular flexibility index (Phi) is 8.15. The maximum absolute atomic E-state index is 13.2. The van der Waals surface area contributed by atoms with Crippen molar-refractivity contribution in [1.82, 2.24) is 15.5 Å². The van der Waals surface area contributed by atoms with Gasteiger partial charge in [0.1, 0.15) is 0 Å². The Hall–Kier alpha value is -1.73. The molecule has 3 rings (SSSR count). The number of nitrogens with zero attached hydrogens (tertiary/aromatic N) is 1. The van der Waals surface area contributed by atoms with E-state index in [2.05, 4.69) is 68.8 Å². The van der Waals surface area contributed by atoms with E-state index in [1.807, 2.05) is 23.6 Å². The van der Waals surface area contributed by atoms with E-state index in [4.69, 9.17) is 0 Å². The predicted octanol–water partition coefficient (Wildman–Crippen LogP) is 4.88. The summed E-state index contributed by atoms with van der Waals surface area (Å²) in [6, 6.07) is 6.33. The molecule has 7 heteroatoms. The lowest BCUT2D eigenvalue weighted by molar-refractivity contribution is -0.123. The predicted molar refractivity (Wildman–Crippen MR) is 134 cm³/mol. The SMILES string of the molecule is CCC(C)NC(=O)C1CSC2(CCN(C(=O)Nc3c(C(C)C)cccc3C(C)C)CC2)N1. The molecule has 0 aliphatic carbocycles. The number of hydrogen-bond donors (Lipinski definition) is 3. The van der Waals surface area contributed by atoms with Crippen LogP contribution in [0.5, 0.6) is 0 Å². The summed E-state index contributed by atoms with van der Waals surface area (Å²) in [5.74, 6) is 1.56. The maximum Gasteiger partial charge on any atom is 0.321 e. The second-order valence-electron chi connectivity index (χ2n) is 9.86. The van der Waals surface area contributed by atoms with Crippen LogP contribution in [0.25, 0.3) is 0 Å². The number of carbonyl (C=O) groups excluding carboxylic acids is 2. The number of hydrogen-bond acceptors (Lipinski definition) is 4. The van der Waals surface area contributed by atoms with E-state index in [9.17, 15) is 9.59 Å². The molecule has 32 heavy (non-hydrogen) atoms. The molecule has 2 unspecified atom stereocenters. The normalized spacial score (nSPS) is 21.2. The summed E-state index contributed by atoms with van der Waals surface area (Å²) in [5.41, 5.74) is 3.33. The fourth-order valence-corrected chi connectivity index (χ4v) is 5.89. The van der Waals surface area contributed by atoms with Gasteiger partial charge in [0.05, 0.1) is 10.9 Å². The van der Waals surface area contributed by atoms with E-state index >= 15 is 0 Å². The van der Waals surface area contributed by atoms with Gasteiger partial charge in [-0.3, -0.25) is 10.1 Å². The quantitative estimate of drug-likeness (QED) is 0.566. The van der Waals surface area contributed by atoms with Gasteiger partial charge < -0.3 is 15.5 Å². The zero-order chi connectivity index (χ0) is 23.5. The summed E-state index contributed by atoms with van der Waals surface area (Å²) < 4.78 is 0. The van der Waals surface area contributed by atoms with Gasteiger partial charge in [-0.05, 0) is 49.1 Å². The number of anilines is 1. The van der Waals surface area contributed by atoms with Crippen LogP contribution in [0, 0.1) is 0 Å². The average molecular weight is 461 g/mol. The van der Waals surface area contributed by atoms with Crippen LogP contribution in [0.2, 0.25) is 0 Å². The van der Waals surface area contributed by atoms with Crippen molar-refractivity contribution in [2.45, 2.75) is 89.6 Å². The molecule has 1 spiro atoms. The minimum atomic E-state index is -0.152. The zero-order valence-electron chi connectivity index (χ0n) is 20.5. The molecule has 1 aromatic rings. The van der Waals surface area contributed by atoms with Gasteiger partial charge in [0.15, 0.2) is 0 Å². The molecular weight excluding hydrogens is 420 g/mol. The number of thioether (sulfide) groups is 1. The Morgan fingerprint density at radius 3 is 2.25 bits per heavy atom. The number of urea groups is 1. The molecule has 2 aliphatic heterocycles. The standard InChI is InChI=1S/C25H40N4O2S/c1-7-18(6)26-23(30)21-15-32-25(28-21)11-13-29(14-12-25)24(31)27-22-19(16(2)3)9-8-10-20(22)17(4)5/h8-10,16-18,21,28H,7,11-15H2,1-6H3,(H,26,30)(H,27,31). The van der Waals surface area contributed by atoms with Gasteiger partial charge in [-0.2, -0.15) is 0 Å². The Morgan fingerprint density at radius 2 is 1.72 bits per heavy atom. The number of benzene rings is 1. The number of para-hydroxylation sites is 1. The summed E-state index contributed by atoms with van der Waals surface area (Å²) in [5, 5.41) is 9.91. The van der Waals surface area contributed by atoms with Gasteiger partial charge in [-0.15, -0.1) is 11.8 Å². The van der Waals surface area contributed by atoms with Crippen molar-refractivity contribution in [2.75, 3.05) is 24.2 Å². The molecule has 0 aromatic heterocycles. The van der Waals surface area contributed by atoms with Crippen LogP contribution in [0.1, 0.15) is 83.8 Å². The summed E-state index contributed by atoms with van der Waals surface area (Å²) in [6.45, 7) is 14.1. The first-order chi connectivity index (χ1) is 15.2. The van der Waals surface area contributed by atoms with E-state index in [0.717, 1.165) is 30.7 Å². The molecule has 0 saturated carbocycles. The minimum Gasteiger partial charge on any atom is -0.352 e. The van der Waals surface area contributed by atoms with Crippen molar-refractivity contribution >= 4 is 29.4 Å². The second-order valence-corrected chi connectivity index (χ2v) is 11.3. The van der Waals surface area contributed by atoms with E-state index in [-0.39, 0.29) is 28.9 Å². The minimum absolute atomic E-state index is 0.0242. The van der Waals surface area contributed by atoms with Crippen molar-refractivity contribution in [1.29, 1.82) is 0 Å². The first-order valence-electron chi connectivity index (χ1n) is 12.1. The highest BCUT2D eigenvalue weighted by molar-refractivity contribution is 8.01. The van der Waals surface area contributed by atoms with Gasteiger partial charge in [-0.25, -0.2) is 4.79 Å². The number of rotatable bonds is 6. The van der Waals surface area contributed by atoms with E-state index in [0.29, 0.717) is 24.9 Å². The van der Waals surface area contributed by atoms with E-state index < -0.39 is 0 Å². The summed E-state index contributed by atoms with van der Waals surface area (Å²) >= 11 is 1.84. The van der Waals surface area contributed by atoms with Crippen LogP contribution in [0.4, 0.5) is 10.5 Å². The largest absolute Gasteiger partial charge is 0.352 e. The summed E-state index contributed by atoms with van der Waals surface area (Å²) in [4.78, 5) is 27.5. The molecular formula is C25H40N4O2S. The van der Waals surface area contributed by atoms with Crippen molar-refractivity contribution in [3.05, 3.63) is 29.3 Å². The molecule has 3 N–H and O–H groups in total. The molecule has 2 fully saturated rings. The summed E-state index contributed by atoms with van der Waals surface area (Å²) in [7, 11) is 0. The zero-order valence-corrected chi connectivity index (χ0v) is 21.3. The lowest BCUT2D eigenvalue weighted by Crippen LogP contribution is -2.55. The highest BCUT2D eigenvalue weighted by Gasteiger charge is 2.44. The Morgan fingerprint density at radius 1 is 1.12 bits per heavy atom. The molecule has 2 saturated heterocycles. The molecule has 0 radical (unpaired) electrons. The number of piperidine rings is 1. The fraction of sp³-hybridized carbons (Fsp3) is 0.680. The molecule has 178 valence electrons. The van der Waals surface area contributed by atoms with Crippen molar-refractivity contribution in [3.8, 4) is 0 Å². The molecule has 6 nitrogen and oxygen atoms in total. The first-order valence-corrected chi connectivity index (χ1v) is 13.0. The molecule has 1 aromatic carbocycles. The molecule has 0 bridgehead atoms.